The van der Waals surface area contributed by atoms with Crippen molar-refractivity contribution < 1.29 is 9.90 Å². The Bertz CT molecular complexity index is 875. The molecule has 0 radical (unpaired) electrons. The van der Waals surface area contributed by atoms with Crippen LogP contribution in [0.5, 0.6) is 5.75 Å². The third-order valence-corrected chi connectivity index (χ3v) is 4.52. The average Bonchev–Trinajstić information content (AvgIpc) is 2.88. The van der Waals surface area contributed by atoms with Crippen LogP contribution in [0.25, 0.3) is 6.08 Å². The molecule has 126 valence electrons. The predicted molar refractivity (Wildman–Crippen MR) is 102 cm³/mol. The molecule has 0 aliphatic carbocycles. The maximum Gasteiger partial charge on any atom is 0.267 e. The second-order valence-electron chi connectivity index (χ2n) is 5.46. The Kier molecular flexibility index (Phi) is 5.00. The molecule has 1 aliphatic rings. The van der Waals surface area contributed by atoms with Gasteiger partial charge in [0.1, 0.15) is 11.4 Å². The second kappa shape index (κ2) is 7.36. The van der Waals surface area contributed by atoms with E-state index in [2.05, 4.69) is 16.6 Å². The van der Waals surface area contributed by atoms with Gasteiger partial charge in [0.05, 0.1) is 10.6 Å². The van der Waals surface area contributed by atoms with Crippen LogP contribution in [0.15, 0.2) is 65.1 Å². The molecule has 0 unspecified atom stereocenters. The van der Waals surface area contributed by atoms with Crippen LogP contribution in [-0.4, -0.2) is 32.6 Å². The van der Waals surface area contributed by atoms with Crippen molar-refractivity contribution in [3.8, 4) is 5.75 Å². The monoisotopic (exact) mass is 351 g/mol. The van der Waals surface area contributed by atoms with Gasteiger partial charge in [0.25, 0.3) is 5.91 Å². The molecule has 2 heterocycles. The van der Waals surface area contributed by atoms with E-state index >= 15 is 0 Å². The molecule has 1 aliphatic heterocycles. The van der Waals surface area contributed by atoms with Crippen LogP contribution in [0.4, 0.5) is 5.69 Å². The lowest BCUT2D eigenvalue weighted by atomic mass is 10.2. The first-order chi connectivity index (χ1) is 12.1. The third-order valence-electron chi connectivity index (χ3n) is 3.51. The summed E-state index contributed by atoms with van der Waals surface area (Å²) in [6.45, 7) is 5.93. The highest BCUT2D eigenvalue weighted by atomic mass is 32.2. The third kappa shape index (κ3) is 3.80. The zero-order valence-electron chi connectivity index (χ0n) is 13.7. The van der Waals surface area contributed by atoms with Crippen LogP contribution >= 0.6 is 11.8 Å². The van der Waals surface area contributed by atoms with Crippen molar-refractivity contribution in [3.05, 3.63) is 71.4 Å². The molecule has 0 spiro atoms. The summed E-state index contributed by atoms with van der Waals surface area (Å²) in [5.41, 5.74) is 2.07. The minimum atomic E-state index is -0.152. The Labute approximate surface area is 150 Å². The number of phenols is 1. The van der Waals surface area contributed by atoms with Gasteiger partial charge in [-0.1, -0.05) is 18.2 Å². The summed E-state index contributed by atoms with van der Waals surface area (Å²) in [6, 6.07) is 10.8. The van der Waals surface area contributed by atoms with E-state index in [-0.39, 0.29) is 11.7 Å². The number of amidine groups is 1. The lowest BCUT2D eigenvalue weighted by Crippen LogP contribution is -2.29. The number of pyridine rings is 1. The number of benzene rings is 1. The second-order valence-corrected chi connectivity index (χ2v) is 6.47. The Morgan fingerprint density at radius 2 is 2.20 bits per heavy atom. The highest BCUT2D eigenvalue weighted by Gasteiger charge is 2.32. The molecule has 1 N–H and O–H groups in total. The normalized spacial score (nSPS) is 17.5. The molecule has 0 bridgehead atoms. The zero-order valence-corrected chi connectivity index (χ0v) is 14.5. The van der Waals surface area contributed by atoms with Crippen LogP contribution in [0.2, 0.25) is 0 Å². The first kappa shape index (κ1) is 17.0. The van der Waals surface area contributed by atoms with E-state index in [1.165, 1.54) is 16.7 Å². The van der Waals surface area contributed by atoms with Gasteiger partial charge in [-0.25, -0.2) is 4.99 Å². The number of phenolic OH excluding ortho intramolecular Hbond substituents is 1. The minimum Gasteiger partial charge on any atom is -0.506 e. The summed E-state index contributed by atoms with van der Waals surface area (Å²) in [7, 11) is 0. The zero-order chi connectivity index (χ0) is 17.8. The minimum absolute atomic E-state index is 0.0845. The van der Waals surface area contributed by atoms with Gasteiger partial charge in [0.2, 0.25) is 0 Å². The van der Waals surface area contributed by atoms with Crippen LogP contribution in [0.3, 0.4) is 0 Å². The van der Waals surface area contributed by atoms with Gasteiger partial charge in [-0.2, -0.15) is 0 Å². The summed E-state index contributed by atoms with van der Waals surface area (Å²) in [4.78, 5) is 23.4. The molecular formula is C19H17N3O2S. The first-order valence-corrected chi connectivity index (χ1v) is 8.52. The lowest BCUT2D eigenvalue weighted by Gasteiger charge is -2.12. The van der Waals surface area contributed by atoms with E-state index in [0.717, 1.165) is 5.56 Å². The van der Waals surface area contributed by atoms with Crippen molar-refractivity contribution >= 4 is 34.6 Å². The molecule has 1 saturated heterocycles. The summed E-state index contributed by atoms with van der Waals surface area (Å²) < 4.78 is 0. The number of aliphatic imine (C=N–C) groups is 1. The van der Waals surface area contributed by atoms with Gasteiger partial charge < -0.3 is 5.11 Å². The number of hydrogen-bond acceptors (Lipinski definition) is 5. The molecule has 1 fully saturated rings. The molecule has 1 aromatic heterocycles. The van der Waals surface area contributed by atoms with Crippen LogP contribution in [0.1, 0.15) is 11.3 Å². The quantitative estimate of drug-likeness (QED) is 0.670. The first-order valence-electron chi connectivity index (χ1n) is 7.70. The SMILES string of the molecule is C=CCN1C(=O)/C(=C/c2ccccn2)SC1=Nc1ccc(C)cc1O. The molecule has 5 nitrogen and oxygen atoms in total. The molecule has 1 amide bonds. The molecule has 2 aromatic rings. The van der Waals surface area contributed by atoms with E-state index in [1.807, 2.05) is 31.2 Å². The average molecular weight is 351 g/mol. The topological polar surface area (TPSA) is 65.8 Å². The van der Waals surface area contributed by atoms with Gasteiger partial charge in [0, 0.05) is 12.7 Å². The van der Waals surface area contributed by atoms with E-state index in [4.69, 9.17) is 0 Å². The fraction of sp³-hybridized carbons (Fsp3) is 0.105. The van der Waals surface area contributed by atoms with Crippen molar-refractivity contribution in [3.63, 3.8) is 0 Å². The largest absolute Gasteiger partial charge is 0.506 e. The predicted octanol–water partition coefficient (Wildman–Crippen LogP) is 3.89. The van der Waals surface area contributed by atoms with E-state index in [1.54, 1.807) is 30.5 Å². The fourth-order valence-electron chi connectivity index (χ4n) is 2.31. The Balaban J connectivity index is 1.98. The highest BCUT2D eigenvalue weighted by Crippen LogP contribution is 2.36. The molecule has 0 atom stereocenters. The van der Waals surface area contributed by atoms with Crippen LogP contribution in [-0.2, 0) is 4.79 Å². The Morgan fingerprint density at radius 3 is 2.88 bits per heavy atom. The number of rotatable bonds is 4. The molecule has 25 heavy (non-hydrogen) atoms. The number of nitrogens with zero attached hydrogens (tertiary/aromatic N) is 3. The van der Waals surface area contributed by atoms with Crippen molar-refractivity contribution in [2.24, 2.45) is 4.99 Å². The summed E-state index contributed by atoms with van der Waals surface area (Å²) in [6.07, 6.45) is 5.06. The number of aromatic hydroxyl groups is 1. The Morgan fingerprint density at radius 1 is 1.36 bits per heavy atom. The van der Waals surface area contributed by atoms with Crippen molar-refractivity contribution in [2.75, 3.05) is 6.54 Å². The van der Waals surface area contributed by atoms with E-state index in [0.29, 0.717) is 28.0 Å². The van der Waals surface area contributed by atoms with E-state index in [9.17, 15) is 9.90 Å². The smallest absolute Gasteiger partial charge is 0.267 e. The highest BCUT2D eigenvalue weighted by molar-refractivity contribution is 8.18. The molecule has 1 aromatic carbocycles. The number of carbonyl (C=O) groups excluding carboxylic acids is 1. The van der Waals surface area contributed by atoms with Gasteiger partial charge in [-0.3, -0.25) is 14.7 Å². The lowest BCUT2D eigenvalue weighted by molar-refractivity contribution is -0.121. The summed E-state index contributed by atoms with van der Waals surface area (Å²) >= 11 is 1.26. The van der Waals surface area contributed by atoms with Crippen molar-refractivity contribution in [1.29, 1.82) is 0 Å². The van der Waals surface area contributed by atoms with Gasteiger partial charge in [-0.05, 0) is 54.6 Å². The number of thioether (sulfide) groups is 1. The van der Waals surface area contributed by atoms with Crippen LogP contribution < -0.4 is 0 Å². The Hall–Kier alpha value is -2.86. The maximum atomic E-state index is 12.7. The van der Waals surface area contributed by atoms with Crippen LogP contribution in [0, 0.1) is 6.92 Å². The number of aryl methyl sites for hydroxylation is 1. The molecular weight excluding hydrogens is 334 g/mol. The molecule has 3 rings (SSSR count). The number of hydrogen-bond donors (Lipinski definition) is 1. The van der Waals surface area contributed by atoms with Gasteiger partial charge >= 0.3 is 0 Å². The fourth-order valence-corrected chi connectivity index (χ4v) is 3.29. The number of amides is 1. The summed E-state index contributed by atoms with van der Waals surface area (Å²) in [5.74, 6) is -0.0674. The number of aromatic nitrogens is 1. The van der Waals surface area contributed by atoms with Gasteiger partial charge in [-0.15, -0.1) is 6.58 Å². The molecule has 0 saturated carbocycles. The molecule has 6 heteroatoms. The number of carbonyl (C=O) groups is 1. The maximum absolute atomic E-state index is 12.7. The standard InChI is InChI=1S/C19H17N3O2S/c1-3-10-22-18(24)17(12-14-6-4-5-9-20-14)25-19(22)21-15-8-7-13(2)11-16(15)23/h3-9,11-12,23H,1,10H2,2H3/b17-12-,21-19?. The van der Waals surface area contributed by atoms with Gasteiger partial charge in [0.15, 0.2) is 5.17 Å². The van der Waals surface area contributed by atoms with Crippen molar-refractivity contribution in [2.45, 2.75) is 6.92 Å². The van der Waals surface area contributed by atoms with E-state index < -0.39 is 0 Å². The van der Waals surface area contributed by atoms with Crippen molar-refractivity contribution in [1.82, 2.24) is 9.88 Å². The summed E-state index contributed by atoms with van der Waals surface area (Å²) in [5, 5.41) is 10.6.